The summed E-state index contributed by atoms with van der Waals surface area (Å²) in [5.74, 6) is -0.00551. The fourth-order valence-corrected chi connectivity index (χ4v) is 4.87. The van der Waals surface area contributed by atoms with E-state index in [4.69, 9.17) is 27.4 Å². The first kappa shape index (κ1) is 28.3. The standard InChI is InChI=1S/C25H34Cl2N2O4S/c1-7-18(6)29(25(30)17(4)5)16-19-10-11-20(28(8-2)9-3)14-24(19)33-34(31,32)21-12-13-22(26)23(27)15-21/h10-15,17-18H,7-9,16H2,1-6H3. The largest absolute Gasteiger partial charge is 0.379 e. The van der Waals surface area contributed by atoms with Gasteiger partial charge >= 0.3 is 10.1 Å². The van der Waals surface area contributed by atoms with Crippen LogP contribution in [0.15, 0.2) is 41.3 Å². The average Bonchev–Trinajstić information content (AvgIpc) is 2.79. The smallest absolute Gasteiger partial charge is 0.339 e. The zero-order chi connectivity index (χ0) is 25.6. The van der Waals surface area contributed by atoms with E-state index in [1.165, 1.54) is 18.2 Å². The van der Waals surface area contributed by atoms with E-state index in [9.17, 15) is 13.2 Å². The van der Waals surface area contributed by atoms with Crippen LogP contribution in [0.5, 0.6) is 5.75 Å². The van der Waals surface area contributed by atoms with Crippen LogP contribution < -0.4 is 9.08 Å². The van der Waals surface area contributed by atoms with Crippen LogP contribution >= 0.6 is 23.2 Å². The summed E-state index contributed by atoms with van der Waals surface area (Å²) in [5.41, 5.74) is 1.44. The highest BCUT2D eigenvalue weighted by Crippen LogP contribution is 2.32. The molecule has 0 spiro atoms. The topological polar surface area (TPSA) is 66.9 Å². The van der Waals surface area contributed by atoms with E-state index >= 15 is 0 Å². The highest BCUT2D eigenvalue weighted by molar-refractivity contribution is 7.87. The summed E-state index contributed by atoms with van der Waals surface area (Å²) < 4.78 is 31.9. The first-order valence-corrected chi connectivity index (χ1v) is 13.7. The van der Waals surface area contributed by atoms with Crippen LogP contribution in [-0.2, 0) is 21.5 Å². The Balaban J connectivity index is 2.56. The highest BCUT2D eigenvalue weighted by atomic mass is 35.5. The van der Waals surface area contributed by atoms with Gasteiger partial charge in [0.2, 0.25) is 5.91 Å². The molecule has 1 amide bonds. The van der Waals surface area contributed by atoms with Crippen molar-refractivity contribution < 1.29 is 17.4 Å². The van der Waals surface area contributed by atoms with E-state index in [0.29, 0.717) is 5.56 Å². The van der Waals surface area contributed by atoms with Crippen LogP contribution in [0.25, 0.3) is 0 Å². The molecule has 6 nitrogen and oxygen atoms in total. The minimum absolute atomic E-state index is 0.000426. The maximum absolute atomic E-state index is 13.1. The molecule has 0 saturated heterocycles. The van der Waals surface area contributed by atoms with Crippen molar-refractivity contribution in [3.8, 4) is 5.75 Å². The number of nitrogens with zero attached hydrogens (tertiary/aromatic N) is 2. The highest BCUT2D eigenvalue weighted by Gasteiger charge is 2.26. The molecule has 0 bridgehead atoms. The third kappa shape index (κ3) is 6.80. The molecule has 0 radical (unpaired) electrons. The van der Waals surface area contributed by atoms with E-state index in [0.717, 1.165) is 25.2 Å². The fourth-order valence-electron chi connectivity index (χ4n) is 3.52. The minimum Gasteiger partial charge on any atom is -0.379 e. The molecule has 1 unspecified atom stereocenters. The molecule has 34 heavy (non-hydrogen) atoms. The summed E-state index contributed by atoms with van der Waals surface area (Å²) in [7, 11) is -4.19. The summed E-state index contributed by atoms with van der Waals surface area (Å²) in [6.07, 6.45) is 0.772. The van der Waals surface area contributed by atoms with Gasteiger partial charge < -0.3 is 14.0 Å². The van der Waals surface area contributed by atoms with Crippen LogP contribution in [0.1, 0.15) is 53.5 Å². The lowest BCUT2D eigenvalue weighted by molar-refractivity contribution is -0.137. The molecule has 9 heteroatoms. The van der Waals surface area contributed by atoms with Crippen molar-refractivity contribution in [2.45, 2.75) is 65.4 Å². The van der Waals surface area contributed by atoms with Gasteiger partial charge in [-0.1, -0.05) is 50.0 Å². The Morgan fingerprint density at radius 1 is 0.971 bits per heavy atom. The van der Waals surface area contributed by atoms with Crippen LogP contribution in [0.2, 0.25) is 10.0 Å². The number of benzene rings is 2. The molecule has 0 aliphatic heterocycles. The monoisotopic (exact) mass is 528 g/mol. The molecule has 0 saturated carbocycles. The number of anilines is 1. The van der Waals surface area contributed by atoms with Crippen molar-refractivity contribution >= 4 is 44.9 Å². The first-order valence-electron chi connectivity index (χ1n) is 11.5. The van der Waals surface area contributed by atoms with Crippen LogP contribution in [-0.4, -0.2) is 38.4 Å². The Labute approximate surface area is 213 Å². The average molecular weight is 530 g/mol. The van der Waals surface area contributed by atoms with Gasteiger partial charge in [0.25, 0.3) is 0 Å². The van der Waals surface area contributed by atoms with E-state index in [1.807, 2.05) is 53.7 Å². The molecule has 2 aromatic rings. The number of rotatable bonds is 11. The van der Waals surface area contributed by atoms with Crippen LogP contribution in [0.3, 0.4) is 0 Å². The third-order valence-electron chi connectivity index (χ3n) is 5.80. The maximum Gasteiger partial charge on any atom is 0.339 e. The summed E-state index contributed by atoms with van der Waals surface area (Å²) in [5, 5.41) is 0.371. The van der Waals surface area contributed by atoms with Gasteiger partial charge in [-0.3, -0.25) is 4.79 Å². The number of hydrogen-bond acceptors (Lipinski definition) is 5. The molecule has 0 fully saturated rings. The molecule has 0 heterocycles. The van der Waals surface area contributed by atoms with Crippen LogP contribution in [0.4, 0.5) is 5.69 Å². The molecular weight excluding hydrogens is 495 g/mol. The molecule has 0 aliphatic rings. The summed E-state index contributed by atoms with van der Waals surface area (Å²) in [6, 6.07) is 9.49. The van der Waals surface area contributed by atoms with Gasteiger partial charge in [-0.2, -0.15) is 8.42 Å². The van der Waals surface area contributed by atoms with Gasteiger partial charge in [0, 0.05) is 48.9 Å². The molecule has 2 rings (SSSR count). The molecule has 2 aromatic carbocycles. The third-order valence-corrected chi connectivity index (χ3v) is 7.77. The summed E-state index contributed by atoms with van der Waals surface area (Å²) in [4.78, 5) is 16.7. The predicted molar refractivity (Wildman–Crippen MR) is 139 cm³/mol. The SMILES string of the molecule is CCC(C)N(Cc1ccc(N(CC)CC)cc1OS(=O)(=O)c1ccc(Cl)c(Cl)c1)C(=O)C(C)C. The van der Waals surface area contributed by atoms with Crippen molar-refractivity contribution in [3.05, 3.63) is 52.0 Å². The number of amides is 1. The lowest BCUT2D eigenvalue weighted by atomic mass is 10.1. The second-order valence-electron chi connectivity index (χ2n) is 8.46. The second-order valence-corrected chi connectivity index (χ2v) is 10.8. The van der Waals surface area contributed by atoms with Crippen molar-refractivity contribution in [2.24, 2.45) is 5.92 Å². The Kier molecular flexibility index (Phi) is 10.1. The van der Waals surface area contributed by atoms with Gasteiger partial charge in [-0.25, -0.2) is 0 Å². The minimum atomic E-state index is -4.19. The van der Waals surface area contributed by atoms with Gasteiger partial charge in [-0.15, -0.1) is 0 Å². The Hall–Kier alpha value is -1.96. The normalized spacial score (nSPS) is 12.5. The van der Waals surface area contributed by atoms with Crippen molar-refractivity contribution in [3.63, 3.8) is 0 Å². The van der Waals surface area contributed by atoms with Gasteiger partial charge in [0.05, 0.1) is 10.0 Å². The van der Waals surface area contributed by atoms with Crippen molar-refractivity contribution in [1.82, 2.24) is 4.90 Å². The number of carbonyl (C=O) groups excluding carboxylic acids is 1. The Bertz CT molecular complexity index is 1100. The van der Waals surface area contributed by atoms with E-state index in [1.54, 1.807) is 11.0 Å². The number of halogens is 2. The van der Waals surface area contributed by atoms with E-state index < -0.39 is 10.1 Å². The number of hydrogen-bond donors (Lipinski definition) is 0. The molecule has 0 aliphatic carbocycles. The first-order chi connectivity index (χ1) is 15.9. The number of carbonyl (C=O) groups is 1. The molecular formula is C25H34Cl2N2O4S. The van der Waals surface area contributed by atoms with Crippen molar-refractivity contribution in [2.75, 3.05) is 18.0 Å². The Morgan fingerprint density at radius 2 is 1.62 bits per heavy atom. The molecule has 0 aromatic heterocycles. The summed E-state index contributed by atoms with van der Waals surface area (Å²) >= 11 is 12.0. The molecule has 188 valence electrons. The van der Waals surface area contributed by atoms with Crippen molar-refractivity contribution in [1.29, 1.82) is 0 Å². The fraction of sp³-hybridized carbons (Fsp3) is 0.480. The quantitative estimate of drug-likeness (QED) is 0.316. The van der Waals surface area contributed by atoms with Gasteiger partial charge in [0.1, 0.15) is 10.6 Å². The molecule has 0 N–H and O–H groups in total. The summed E-state index contributed by atoms with van der Waals surface area (Å²) in [6.45, 7) is 13.5. The lowest BCUT2D eigenvalue weighted by Crippen LogP contribution is -2.40. The zero-order valence-electron chi connectivity index (χ0n) is 20.6. The lowest BCUT2D eigenvalue weighted by Gasteiger charge is -2.31. The molecule has 1 atom stereocenters. The van der Waals surface area contributed by atoms with Gasteiger partial charge in [-0.05, 0) is 51.5 Å². The Morgan fingerprint density at radius 3 is 2.15 bits per heavy atom. The second kappa shape index (κ2) is 12.1. The zero-order valence-corrected chi connectivity index (χ0v) is 23.0. The maximum atomic E-state index is 13.1. The van der Waals surface area contributed by atoms with E-state index in [-0.39, 0.29) is 45.1 Å². The predicted octanol–water partition coefficient (Wildman–Crippen LogP) is 6.39. The van der Waals surface area contributed by atoms with Gasteiger partial charge in [0.15, 0.2) is 0 Å². The van der Waals surface area contributed by atoms with Crippen LogP contribution in [0, 0.1) is 5.92 Å². The van der Waals surface area contributed by atoms with E-state index in [2.05, 4.69) is 4.90 Å².